The van der Waals surface area contributed by atoms with Crippen LogP contribution in [-0.2, 0) is 13.0 Å². The molecule has 1 aliphatic rings. The Kier molecular flexibility index (Phi) is 5.48. The number of aliphatic hydroxyl groups is 1. The highest BCUT2D eigenvalue weighted by atomic mass is 16.5. The van der Waals surface area contributed by atoms with Crippen molar-refractivity contribution in [2.24, 2.45) is 5.92 Å². The van der Waals surface area contributed by atoms with E-state index in [9.17, 15) is 5.11 Å². The quantitative estimate of drug-likeness (QED) is 0.811. The van der Waals surface area contributed by atoms with E-state index < -0.39 is 0 Å². The second-order valence-electron chi connectivity index (χ2n) is 6.30. The lowest BCUT2D eigenvalue weighted by Crippen LogP contribution is -2.33. The molecule has 1 aromatic carbocycles. The smallest absolute Gasteiger partial charge is 0.127 e. The fourth-order valence-electron chi connectivity index (χ4n) is 2.87. The fraction of sp³-hybridized carbons (Fsp3) is 0.647. The van der Waals surface area contributed by atoms with Gasteiger partial charge in [-0.2, -0.15) is 0 Å². The summed E-state index contributed by atoms with van der Waals surface area (Å²) in [4.78, 5) is 0. The molecule has 0 radical (unpaired) electrons. The van der Waals surface area contributed by atoms with Crippen LogP contribution in [0.3, 0.4) is 0 Å². The summed E-state index contributed by atoms with van der Waals surface area (Å²) in [7, 11) is 1.69. The summed E-state index contributed by atoms with van der Waals surface area (Å²) < 4.78 is 11.3. The van der Waals surface area contributed by atoms with Gasteiger partial charge in [-0.15, -0.1) is 0 Å². The second kappa shape index (κ2) is 7.14. The lowest BCUT2D eigenvalue weighted by atomic mass is 10.0. The molecular weight excluding hydrogens is 266 g/mol. The highest BCUT2D eigenvalue weighted by Gasteiger charge is 2.23. The Morgan fingerprint density at radius 1 is 1.43 bits per heavy atom. The number of rotatable bonds is 7. The molecule has 4 heteroatoms. The van der Waals surface area contributed by atoms with Crippen molar-refractivity contribution in [1.82, 2.24) is 5.32 Å². The zero-order chi connectivity index (χ0) is 15.4. The van der Waals surface area contributed by atoms with E-state index in [4.69, 9.17) is 9.47 Å². The van der Waals surface area contributed by atoms with Crippen LogP contribution in [0.1, 0.15) is 38.3 Å². The summed E-state index contributed by atoms with van der Waals surface area (Å²) in [6.45, 7) is 7.25. The molecule has 0 saturated heterocycles. The summed E-state index contributed by atoms with van der Waals surface area (Å²) in [6.07, 6.45) is 2.10. The maximum atomic E-state index is 9.47. The van der Waals surface area contributed by atoms with E-state index in [1.165, 1.54) is 5.56 Å². The van der Waals surface area contributed by atoms with Crippen molar-refractivity contribution < 1.29 is 14.6 Å². The average molecular weight is 293 g/mol. The molecule has 1 aromatic rings. The van der Waals surface area contributed by atoms with Crippen molar-refractivity contribution in [3.63, 3.8) is 0 Å². The van der Waals surface area contributed by atoms with Gasteiger partial charge in [0, 0.05) is 30.1 Å². The third-order valence-electron chi connectivity index (χ3n) is 3.84. The first kappa shape index (κ1) is 16.1. The lowest BCUT2D eigenvalue weighted by molar-refractivity contribution is 0.221. The summed E-state index contributed by atoms with van der Waals surface area (Å²) in [5, 5.41) is 12.9. The van der Waals surface area contributed by atoms with Crippen molar-refractivity contribution in [3.05, 3.63) is 23.3 Å². The Morgan fingerprint density at radius 2 is 2.19 bits per heavy atom. The van der Waals surface area contributed by atoms with E-state index in [-0.39, 0.29) is 18.8 Å². The standard InChI is InChI=1S/C17H27NO3/c1-11(2)5-15(10-19)18-9-14-8-16(20-4)7-13-6-12(3)21-17(13)14/h7-8,11-12,15,18-19H,5-6,9-10H2,1-4H3. The molecule has 0 spiro atoms. The Bertz CT molecular complexity index is 473. The summed E-state index contributed by atoms with van der Waals surface area (Å²) >= 11 is 0. The van der Waals surface area contributed by atoms with Gasteiger partial charge in [0.1, 0.15) is 17.6 Å². The fourth-order valence-corrected chi connectivity index (χ4v) is 2.87. The van der Waals surface area contributed by atoms with Gasteiger partial charge in [-0.1, -0.05) is 13.8 Å². The maximum absolute atomic E-state index is 9.47. The van der Waals surface area contributed by atoms with Crippen LogP contribution in [0.5, 0.6) is 11.5 Å². The van der Waals surface area contributed by atoms with Gasteiger partial charge < -0.3 is 19.9 Å². The molecule has 1 aliphatic heterocycles. The first-order valence-corrected chi connectivity index (χ1v) is 7.74. The monoisotopic (exact) mass is 293 g/mol. The van der Waals surface area contributed by atoms with Crippen LogP contribution < -0.4 is 14.8 Å². The summed E-state index contributed by atoms with van der Waals surface area (Å²) in [5.41, 5.74) is 2.32. The molecule has 0 fully saturated rings. The minimum Gasteiger partial charge on any atom is -0.497 e. The molecule has 0 aromatic heterocycles. The number of ether oxygens (including phenoxy) is 2. The second-order valence-corrected chi connectivity index (χ2v) is 6.30. The van der Waals surface area contributed by atoms with Crippen LogP contribution in [0.25, 0.3) is 0 Å². The molecule has 4 nitrogen and oxygen atoms in total. The molecule has 21 heavy (non-hydrogen) atoms. The van der Waals surface area contributed by atoms with Crippen molar-refractivity contribution in [2.75, 3.05) is 13.7 Å². The van der Waals surface area contributed by atoms with E-state index >= 15 is 0 Å². The zero-order valence-corrected chi connectivity index (χ0v) is 13.5. The Balaban J connectivity index is 2.11. The van der Waals surface area contributed by atoms with Gasteiger partial charge in [0.05, 0.1) is 13.7 Å². The maximum Gasteiger partial charge on any atom is 0.127 e. The number of methoxy groups -OCH3 is 1. The molecule has 0 saturated carbocycles. The van der Waals surface area contributed by atoms with Crippen LogP contribution in [0.2, 0.25) is 0 Å². The number of nitrogens with one attached hydrogen (secondary N) is 1. The van der Waals surface area contributed by atoms with Crippen LogP contribution in [-0.4, -0.2) is 31.0 Å². The predicted octanol–water partition coefficient (Wildman–Crippen LogP) is 2.52. The lowest BCUT2D eigenvalue weighted by Gasteiger charge is -2.19. The topological polar surface area (TPSA) is 50.7 Å². The molecule has 2 rings (SSSR count). The minimum absolute atomic E-state index is 0.116. The van der Waals surface area contributed by atoms with E-state index in [2.05, 4.69) is 32.2 Å². The minimum atomic E-state index is 0.116. The highest BCUT2D eigenvalue weighted by molar-refractivity contribution is 5.49. The van der Waals surface area contributed by atoms with E-state index in [0.717, 1.165) is 29.9 Å². The normalized spacial score (nSPS) is 18.5. The Hall–Kier alpha value is -1.26. The van der Waals surface area contributed by atoms with Gasteiger partial charge in [0.2, 0.25) is 0 Å². The molecule has 118 valence electrons. The van der Waals surface area contributed by atoms with E-state index in [1.54, 1.807) is 7.11 Å². The van der Waals surface area contributed by atoms with Gasteiger partial charge >= 0.3 is 0 Å². The number of fused-ring (bicyclic) bond motifs is 1. The van der Waals surface area contributed by atoms with Crippen LogP contribution in [0, 0.1) is 5.92 Å². The predicted molar refractivity (Wildman–Crippen MR) is 84.0 cm³/mol. The van der Waals surface area contributed by atoms with Gasteiger partial charge in [-0.25, -0.2) is 0 Å². The Labute approximate surface area is 127 Å². The largest absolute Gasteiger partial charge is 0.497 e. The molecule has 2 atom stereocenters. The van der Waals surface area contributed by atoms with Crippen molar-refractivity contribution >= 4 is 0 Å². The molecule has 2 N–H and O–H groups in total. The van der Waals surface area contributed by atoms with E-state index in [1.807, 2.05) is 6.07 Å². The summed E-state index contributed by atoms with van der Waals surface area (Å²) in [5.74, 6) is 2.41. The highest BCUT2D eigenvalue weighted by Crippen LogP contribution is 2.36. The Morgan fingerprint density at radius 3 is 2.81 bits per heavy atom. The average Bonchev–Trinajstić information content (AvgIpc) is 2.82. The number of benzene rings is 1. The summed E-state index contributed by atoms with van der Waals surface area (Å²) in [6, 6.07) is 4.19. The number of hydrogen-bond acceptors (Lipinski definition) is 4. The molecule has 0 amide bonds. The van der Waals surface area contributed by atoms with Gasteiger partial charge in [-0.3, -0.25) is 0 Å². The van der Waals surface area contributed by atoms with Crippen molar-refractivity contribution in [1.29, 1.82) is 0 Å². The van der Waals surface area contributed by atoms with Crippen molar-refractivity contribution in [2.45, 2.75) is 52.3 Å². The number of hydrogen-bond donors (Lipinski definition) is 2. The van der Waals surface area contributed by atoms with Crippen LogP contribution in [0.4, 0.5) is 0 Å². The van der Waals surface area contributed by atoms with Crippen molar-refractivity contribution in [3.8, 4) is 11.5 Å². The van der Waals surface area contributed by atoms with E-state index in [0.29, 0.717) is 12.5 Å². The zero-order valence-electron chi connectivity index (χ0n) is 13.5. The van der Waals surface area contributed by atoms with Gasteiger partial charge in [0.15, 0.2) is 0 Å². The number of aliphatic hydroxyl groups excluding tert-OH is 1. The third-order valence-corrected chi connectivity index (χ3v) is 3.84. The molecule has 0 aliphatic carbocycles. The molecule has 2 unspecified atom stereocenters. The van der Waals surface area contributed by atoms with Crippen LogP contribution in [0.15, 0.2) is 12.1 Å². The first-order chi connectivity index (χ1) is 10.0. The molecule has 1 heterocycles. The SMILES string of the molecule is COc1cc(CNC(CO)CC(C)C)c2c(c1)CC(C)O2. The van der Waals surface area contributed by atoms with Gasteiger partial charge in [0.25, 0.3) is 0 Å². The third kappa shape index (κ3) is 4.11. The van der Waals surface area contributed by atoms with Crippen LogP contribution >= 0.6 is 0 Å². The molecule has 0 bridgehead atoms. The first-order valence-electron chi connectivity index (χ1n) is 7.74. The van der Waals surface area contributed by atoms with Gasteiger partial charge in [-0.05, 0) is 31.4 Å². The molecular formula is C17H27NO3.